The fourth-order valence-electron chi connectivity index (χ4n) is 6.52. The Labute approximate surface area is 359 Å². The molecular weight excluding hydrogens is 825 g/mol. The Balaban J connectivity index is 1.02. The van der Waals surface area contributed by atoms with Crippen LogP contribution in [0.4, 0.5) is 40.3 Å². The Kier molecular flexibility index (Phi) is 13.2. The van der Waals surface area contributed by atoms with Gasteiger partial charge in [-0.15, -0.1) is 0 Å². The summed E-state index contributed by atoms with van der Waals surface area (Å²) in [5, 5.41) is 0. The second-order valence-corrected chi connectivity index (χ2v) is 14.9. The molecule has 2 fully saturated rings. The number of benzene rings is 4. The summed E-state index contributed by atoms with van der Waals surface area (Å²) < 4.78 is 79.9. The molecule has 2 aliphatic rings. The van der Waals surface area contributed by atoms with Gasteiger partial charge in [-0.1, -0.05) is 6.07 Å². The number of halogens is 4. The fourth-order valence-corrected chi connectivity index (χ4v) is 6.52. The fraction of sp³-hybridized carbons (Fsp3) is 0.261. The van der Waals surface area contributed by atoms with Gasteiger partial charge in [0, 0.05) is 59.7 Å². The molecule has 0 amide bonds. The molecule has 324 valence electrons. The van der Waals surface area contributed by atoms with Crippen LogP contribution in [0.3, 0.4) is 0 Å². The summed E-state index contributed by atoms with van der Waals surface area (Å²) in [6, 6.07) is 21.9. The molecule has 0 saturated heterocycles. The lowest BCUT2D eigenvalue weighted by Crippen LogP contribution is -2.19. The summed E-state index contributed by atoms with van der Waals surface area (Å²) in [5.41, 5.74) is 3.44. The Bertz CT molecular complexity index is 2500. The quantitative estimate of drug-likeness (QED) is 0.0409. The van der Waals surface area contributed by atoms with Crippen LogP contribution < -0.4 is 28.7 Å². The Morgan fingerprint density at radius 1 is 0.556 bits per heavy atom. The van der Waals surface area contributed by atoms with E-state index in [0.29, 0.717) is 59.2 Å². The average Bonchev–Trinajstić information content (AvgIpc) is 4.24. The first-order valence-corrected chi connectivity index (χ1v) is 20.1. The average molecular weight is 865 g/mol. The molecular formula is C46H40F4N6O7. The number of alkyl halides is 4. The molecule has 2 aliphatic carbocycles. The molecule has 2 saturated carbocycles. The molecule has 4 aromatic carbocycles. The third-order valence-corrected chi connectivity index (χ3v) is 10.1. The van der Waals surface area contributed by atoms with Crippen molar-refractivity contribution in [2.75, 3.05) is 23.0 Å². The zero-order valence-electron chi connectivity index (χ0n) is 33.6. The van der Waals surface area contributed by atoms with E-state index in [4.69, 9.17) is 23.7 Å². The van der Waals surface area contributed by atoms with Gasteiger partial charge in [-0.2, -0.15) is 17.6 Å². The third kappa shape index (κ3) is 11.5. The zero-order chi connectivity index (χ0) is 43.7. The highest BCUT2D eigenvalue weighted by molar-refractivity contribution is 6.03. The van der Waals surface area contributed by atoms with Crippen molar-refractivity contribution >= 4 is 34.7 Å². The van der Waals surface area contributed by atoms with Crippen molar-refractivity contribution in [2.45, 2.75) is 52.0 Å². The third-order valence-electron chi connectivity index (χ3n) is 10.1. The topological polar surface area (TPSA) is 138 Å². The summed E-state index contributed by atoms with van der Waals surface area (Å²) in [7, 11) is 0. The molecule has 0 atom stereocenters. The summed E-state index contributed by atoms with van der Waals surface area (Å²) in [6.45, 7) is -5.03. The van der Waals surface area contributed by atoms with Crippen molar-refractivity contribution in [1.29, 1.82) is 0 Å². The highest BCUT2D eigenvalue weighted by Gasteiger charge is 2.26. The van der Waals surface area contributed by atoms with Crippen molar-refractivity contribution in [1.82, 2.24) is 19.9 Å². The van der Waals surface area contributed by atoms with Gasteiger partial charge in [-0.25, -0.2) is 9.59 Å². The van der Waals surface area contributed by atoms with Crippen molar-refractivity contribution in [3.8, 4) is 23.0 Å². The van der Waals surface area contributed by atoms with Gasteiger partial charge >= 0.3 is 25.2 Å². The predicted molar refractivity (Wildman–Crippen MR) is 221 cm³/mol. The maximum absolute atomic E-state index is 13.6. The second kappa shape index (κ2) is 19.6. The first-order chi connectivity index (χ1) is 30.6. The molecule has 6 aromatic rings. The van der Waals surface area contributed by atoms with Crippen LogP contribution in [0, 0.1) is 11.8 Å². The normalized spacial score (nSPS) is 13.4. The number of hydrogen-bond acceptors (Lipinski definition) is 13. The van der Waals surface area contributed by atoms with E-state index in [9.17, 15) is 27.2 Å². The Morgan fingerprint density at radius 2 is 1.03 bits per heavy atom. The molecule has 0 aliphatic heterocycles. The largest absolute Gasteiger partial charge is 0.489 e. The van der Waals surface area contributed by atoms with E-state index in [-0.39, 0.29) is 47.2 Å². The van der Waals surface area contributed by atoms with E-state index in [1.807, 2.05) is 4.90 Å². The van der Waals surface area contributed by atoms with Crippen LogP contribution in [-0.2, 0) is 17.8 Å². The molecule has 0 radical (unpaired) electrons. The van der Waals surface area contributed by atoms with Crippen LogP contribution in [0.15, 0.2) is 122 Å². The molecule has 2 heterocycles. The number of carbonyl (C=O) groups excluding carboxylic acids is 2. The van der Waals surface area contributed by atoms with E-state index in [1.165, 1.54) is 48.8 Å². The van der Waals surface area contributed by atoms with Crippen LogP contribution in [0.25, 0.3) is 0 Å². The molecule has 0 spiro atoms. The number of nitrogens with zero attached hydrogens (tertiary/aromatic N) is 6. The lowest BCUT2D eigenvalue weighted by molar-refractivity contribution is -0.0521. The Hall–Kier alpha value is -7.30. The van der Waals surface area contributed by atoms with Gasteiger partial charge in [-0.05, 0) is 104 Å². The monoisotopic (exact) mass is 864 g/mol. The van der Waals surface area contributed by atoms with Crippen molar-refractivity contribution < 1.29 is 50.8 Å². The molecule has 0 N–H and O–H groups in total. The number of anilines is 4. The van der Waals surface area contributed by atoms with Gasteiger partial charge in [0.2, 0.25) is 0 Å². The van der Waals surface area contributed by atoms with Gasteiger partial charge in [-0.3, -0.25) is 19.9 Å². The number of rotatable bonds is 20. The maximum atomic E-state index is 13.6. The molecule has 0 unspecified atom stereocenters. The molecule has 17 heteroatoms. The summed E-state index contributed by atoms with van der Waals surface area (Å²) in [6.07, 6.45) is 13.3. The van der Waals surface area contributed by atoms with Gasteiger partial charge in [0.1, 0.15) is 0 Å². The van der Waals surface area contributed by atoms with Gasteiger partial charge in [0.15, 0.2) is 23.0 Å². The van der Waals surface area contributed by atoms with E-state index in [0.717, 1.165) is 25.7 Å². The predicted octanol–water partition coefficient (Wildman–Crippen LogP) is 9.72. The van der Waals surface area contributed by atoms with Crippen LogP contribution in [-0.4, -0.2) is 58.3 Å². The van der Waals surface area contributed by atoms with E-state index < -0.39 is 25.2 Å². The lowest BCUT2D eigenvalue weighted by atomic mass is 10.1. The van der Waals surface area contributed by atoms with Crippen molar-refractivity contribution in [2.24, 2.45) is 11.8 Å². The minimum absolute atomic E-state index is 0.0543. The van der Waals surface area contributed by atoms with Gasteiger partial charge in [0.25, 0.3) is 0 Å². The highest BCUT2D eigenvalue weighted by Crippen LogP contribution is 2.40. The maximum Gasteiger partial charge on any atom is 0.387 e. The minimum atomic E-state index is -3.06. The van der Waals surface area contributed by atoms with Crippen molar-refractivity contribution in [3.63, 3.8) is 0 Å². The molecule has 63 heavy (non-hydrogen) atoms. The highest BCUT2D eigenvalue weighted by atomic mass is 19.3. The first-order valence-electron chi connectivity index (χ1n) is 20.1. The number of ether oxygens (including phenoxy) is 5. The van der Waals surface area contributed by atoms with Crippen LogP contribution in [0.2, 0.25) is 0 Å². The summed E-state index contributed by atoms with van der Waals surface area (Å²) in [5.74, 6) is -1.07. The first kappa shape index (κ1) is 42.4. The summed E-state index contributed by atoms with van der Waals surface area (Å²) in [4.78, 5) is 47.7. The van der Waals surface area contributed by atoms with Crippen LogP contribution in [0.5, 0.6) is 23.0 Å². The smallest absolute Gasteiger partial charge is 0.387 e. The van der Waals surface area contributed by atoms with Crippen LogP contribution >= 0.6 is 0 Å². The molecule has 0 bridgehead atoms. The van der Waals surface area contributed by atoms with Crippen LogP contribution in [0.1, 0.15) is 57.8 Å². The molecule has 13 nitrogen and oxygen atoms in total. The SMILES string of the molecule is O=C(OC(=O)c1cccc(N(Cc2cnccn2)c2ccc(OC(F)F)c(OCC3CC3)c2)c1)c1ccc(N(Cc2cnccn2)c2ccc(OC(F)F)c(OCC3CC3)c2)cc1. The van der Waals surface area contributed by atoms with Crippen molar-refractivity contribution in [3.05, 3.63) is 145 Å². The minimum Gasteiger partial charge on any atom is -0.489 e. The lowest BCUT2D eigenvalue weighted by Gasteiger charge is -2.26. The zero-order valence-corrected chi connectivity index (χ0v) is 33.6. The number of hydrogen-bond donors (Lipinski definition) is 0. The molecule has 8 rings (SSSR count). The van der Waals surface area contributed by atoms with E-state index >= 15 is 0 Å². The standard InChI is InChI=1S/C46H40F4N6O7/c47-45(48)61-39-14-12-37(21-41(39)59-27-29-4-5-29)55(25-33-23-51-16-18-53-33)35-10-8-31(9-11-35)43(57)63-44(58)32-2-1-3-36(20-32)56(26-34-24-52-17-19-54-34)38-13-15-40(62-46(49)50)42(22-38)60-28-30-6-7-30/h1-3,8-24,29-30,45-46H,4-7,25-28H2. The summed E-state index contributed by atoms with van der Waals surface area (Å²) >= 11 is 0. The number of carbonyl (C=O) groups is 2. The van der Waals surface area contributed by atoms with E-state index in [1.54, 1.807) is 78.2 Å². The second-order valence-electron chi connectivity index (χ2n) is 14.9. The van der Waals surface area contributed by atoms with Gasteiger partial charge < -0.3 is 33.5 Å². The van der Waals surface area contributed by atoms with E-state index in [2.05, 4.69) is 19.9 Å². The molecule has 2 aromatic heterocycles. The number of aromatic nitrogens is 4. The Morgan fingerprint density at radius 3 is 1.51 bits per heavy atom. The number of esters is 2. The van der Waals surface area contributed by atoms with Gasteiger partial charge in [0.05, 0.1) is 61.2 Å².